The Balaban J connectivity index is 1.74. The molecule has 0 aliphatic heterocycles. The van der Waals surface area contributed by atoms with E-state index in [9.17, 15) is 9.59 Å². The molecule has 1 unspecified atom stereocenters. The maximum absolute atomic E-state index is 13.0. The first-order chi connectivity index (χ1) is 16.5. The van der Waals surface area contributed by atoms with Crippen molar-refractivity contribution in [3.05, 3.63) is 77.9 Å². The van der Waals surface area contributed by atoms with Crippen LogP contribution in [0.15, 0.2) is 71.7 Å². The van der Waals surface area contributed by atoms with Crippen LogP contribution in [0.5, 0.6) is 0 Å². The number of thioether (sulfide) groups is 1. The predicted octanol–water partition coefficient (Wildman–Crippen LogP) is 5.25. The lowest BCUT2D eigenvalue weighted by atomic mass is 10.0. The third-order valence-corrected chi connectivity index (χ3v) is 6.34. The summed E-state index contributed by atoms with van der Waals surface area (Å²) >= 11 is 1.32. The number of terminal acetylenes is 1. The van der Waals surface area contributed by atoms with Gasteiger partial charge in [0.2, 0.25) is 5.91 Å². The fourth-order valence-corrected chi connectivity index (χ4v) is 4.39. The van der Waals surface area contributed by atoms with E-state index in [-0.39, 0.29) is 11.7 Å². The van der Waals surface area contributed by atoms with Crippen LogP contribution >= 0.6 is 11.8 Å². The molecule has 0 radical (unpaired) electrons. The van der Waals surface area contributed by atoms with Gasteiger partial charge in [-0.15, -0.1) is 6.42 Å². The number of fused-ring (bicyclic) bond motifs is 1. The van der Waals surface area contributed by atoms with Crippen molar-refractivity contribution < 1.29 is 9.59 Å². The molecule has 174 valence electrons. The molecule has 6 heteroatoms. The SMILES string of the molecule is C#CCN(C)CCCNC(=O)C(SC=Nc1cc2ccccc2cc1C(C)=O)c1ccccc1. The lowest BCUT2D eigenvalue weighted by Gasteiger charge is -2.16. The van der Waals surface area contributed by atoms with E-state index < -0.39 is 5.25 Å². The van der Waals surface area contributed by atoms with Crippen molar-refractivity contribution in [1.82, 2.24) is 10.2 Å². The van der Waals surface area contributed by atoms with E-state index >= 15 is 0 Å². The molecule has 3 aromatic carbocycles. The molecule has 0 aromatic heterocycles. The molecule has 0 saturated heterocycles. The summed E-state index contributed by atoms with van der Waals surface area (Å²) in [5.74, 6) is 2.49. The second kappa shape index (κ2) is 12.7. The minimum Gasteiger partial charge on any atom is -0.355 e. The summed E-state index contributed by atoms with van der Waals surface area (Å²) in [6.45, 7) is 3.50. The van der Waals surface area contributed by atoms with Gasteiger partial charge >= 0.3 is 0 Å². The summed E-state index contributed by atoms with van der Waals surface area (Å²) in [6, 6.07) is 21.3. The highest BCUT2D eigenvalue weighted by Crippen LogP contribution is 2.30. The van der Waals surface area contributed by atoms with Crippen molar-refractivity contribution in [3.63, 3.8) is 0 Å². The summed E-state index contributed by atoms with van der Waals surface area (Å²) in [4.78, 5) is 31.8. The molecule has 1 amide bonds. The molecule has 1 N–H and O–H groups in total. The predicted molar refractivity (Wildman–Crippen MR) is 143 cm³/mol. The largest absolute Gasteiger partial charge is 0.355 e. The fraction of sp³-hybridized carbons (Fsp3) is 0.250. The van der Waals surface area contributed by atoms with Crippen molar-refractivity contribution >= 4 is 45.5 Å². The average Bonchev–Trinajstić information content (AvgIpc) is 2.84. The zero-order chi connectivity index (χ0) is 24.3. The monoisotopic (exact) mass is 471 g/mol. The third kappa shape index (κ3) is 7.05. The van der Waals surface area contributed by atoms with E-state index in [4.69, 9.17) is 6.42 Å². The number of nitrogens with zero attached hydrogens (tertiary/aromatic N) is 2. The van der Waals surface area contributed by atoms with Gasteiger partial charge in [0.1, 0.15) is 5.25 Å². The van der Waals surface area contributed by atoms with Crippen LogP contribution in [0.2, 0.25) is 0 Å². The number of ketones is 1. The molecule has 0 bridgehead atoms. The Morgan fingerprint density at radius 2 is 1.79 bits per heavy atom. The number of aliphatic imine (C=N–C) groups is 1. The van der Waals surface area contributed by atoms with Crippen LogP contribution < -0.4 is 5.32 Å². The van der Waals surface area contributed by atoms with Crippen LogP contribution in [0.25, 0.3) is 10.8 Å². The molecular weight excluding hydrogens is 442 g/mol. The van der Waals surface area contributed by atoms with Gasteiger partial charge < -0.3 is 5.32 Å². The highest BCUT2D eigenvalue weighted by Gasteiger charge is 2.20. The molecule has 5 nitrogen and oxygen atoms in total. The number of nitrogens with one attached hydrogen (secondary N) is 1. The Bertz CT molecular complexity index is 1200. The molecular formula is C28H29N3O2S. The third-order valence-electron chi connectivity index (χ3n) is 5.35. The van der Waals surface area contributed by atoms with Gasteiger partial charge in [-0.3, -0.25) is 14.5 Å². The number of carbonyl (C=O) groups excluding carboxylic acids is 2. The number of hydrogen-bond donors (Lipinski definition) is 1. The van der Waals surface area contributed by atoms with Gasteiger partial charge in [0.15, 0.2) is 5.78 Å². The maximum atomic E-state index is 13.0. The van der Waals surface area contributed by atoms with Crippen molar-refractivity contribution in [2.24, 2.45) is 4.99 Å². The van der Waals surface area contributed by atoms with Gasteiger partial charge in [-0.1, -0.05) is 72.3 Å². The number of amides is 1. The smallest absolute Gasteiger partial charge is 0.238 e. The van der Waals surface area contributed by atoms with Crippen LogP contribution in [-0.4, -0.2) is 48.8 Å². The molecule has 0 heterocycles. The lowest BCUT2D eigenvalue weighted by molar-refractivity contribution is -0.120. The lowest BCUT2D eigenvalue weighted by Crippen LogP contribution is -2.31. The Morgan fingerprint density at radius 3 is 2.47 bits per heavy atom. The number of carbonyl (C=O) groups is 2. The summed E-state index contributed by atoms with van der Waals surface area (Å²) < 4.78 is 0. The number of rotatable bonds is 11. The highest BCUT2D eigenvalue weighted by molar-refractivity contribution is 8.12. The van der Waals surface area contributed by atoms with E-state index in [1.165, 1.54) is 18.7 Å². The molecule has 0 saturated carbocycles. The normalized spacial score (nSPS) is 12.1. The molecule has 0 spiro atoms. The van der Waals surface area contributed by atoms with Crippen LogP contribution in [-0.2, 0) is 4.79 Å². The van der Waals surface area contributed by atoms with Gasteiger partial charge in [0, 0.05) is 18.7 Å². The van der Waals surface area contributed by atoms with E-state index in [2.05, 4.69) is 16.2 Å². The molecule has 3 aromatic rings. The molecule has 3 rings (SSSR count). The maximum Gasteiger partial charge on any atom is 0.238 e. The highest BCUT2D eigenvalue weighted by atomic mass is 32.2. The summed E-state index contributed by atoms with van der Waals surface area (Å²) in [6.07, 6.45) is 6.14. The fourth-order valence-electron chi connectivity index (χ4n) is 3.57. The van der Waals surface area contributed by atoms with Crippen LogP contribution in [0, 0.1) is 12.3 Å². The summed E-state index contributed by atoms with van der Waals surface area (Å²) in [5, 5.41) is 4.58. The van der Waals surface area contributed by atoms with E-state index in [1.54, 1.807) is 5.55 Å². The first kappa shape index (κ1) is 25.2. The molecule has 0 fully saturated rings. The van der Waals surface area contributed by atoms with Gasteiger partial charge in [0.25, 0.3) is 0 Å². The average molecular weight is 472 g/mol. The first-order valence-electron chi connectivity index (χ1n) is 11.2. The van der Waals surface area contributed by atoms with Crippen LogP contribution in [0.4, 0.5) is 5.69 Å². The second-order valence-electron chi connectivity index (χ2n) is 8.02. The van der Waals surface area contributed by atoms with Crippen molar-refractivity contribution in [2.75, 3.05) is 26.7 Å². The van der Waals surface area contributed by atoms with Gasteiger partial charge in [-0.25, -0.2) is 4.99 Å². The zero-order valence-corrected chi connectivity index (χ0v) is 20.3. The van der Waals surface area contributed by atoms with E-state index in [0.717, 1.165) is 29.3 Å². The standard InChI is InChI=1S/C28H29N3O2S/c1-4-16-31(3)17-10-15-29-28(33)27(22-11-6-5-7-12-22)34-20-30-26-19-24-14-9-8-13-23(24)18-25(26)21(2)32/h1,5-9,11-14,18-20,27H,10,15-17H2,2-3H3,(H,29,33). The topological polar surface area (TPSA) is 61.8 Å². The van der Waals surface area contributed by atoms with Gasteiger partial charge in [-0.2, -0.15) is 0 Å². The summed E-state index contributed by atoms with van der Waals surface area (Å²) in [5.41, 5.74) is 3.72. The van der Waals surface area contributed by atoms with E-state index in [1.807, 2.05) is 78.7 Å². The van der Waals surface area contributed by atoms with Crippen molar-refractivity contribution in [1.29, 1.82) is 0 Å². The van der Waals surface area contributed by atoms with Crippen LogP contribution in [0.1, 0.15) is 34.5 Å². The quantitative estimate of drug-likeness (QED) is 0.136. The molecule has 0 aliphatic rings. The minimum absolute atomic E-state index is 0.0462. The molecule has 0 aliphatic carbocycles. The second-order valence-corrected chi connectivity index (χ2v) is 8.97. The Labute approximate surface area is 205 Å². The Kier molecular flexibility index (Phi) is 9.45. The van der Waals surface area contributed by atoms with Crippen molar-refractivity contribution in [2.45, 2.75) is 18.6 Å². The van der Waals surface area contributed by atoms with E-state index in [0.29, 0.717) is 24.3 Å². The minimum atomic E-state index is -0.449. The number of benzene rings is 3. The van der Waals surface area contributed by atoms with Crippen molar-refractivity contribution in [3.8, 4) is 12.3 Å². The number of Topliss-reactive ketones (excluding diaryl/α,β-unsaturated/α-hetero) is 1. The van der Waals surface area contributed by atoms with Crippen LogP contribution in [0.3, 0.4) is 0 Å². The first-order valence-corrected chi connectivity index (χ1v) is 12.1. The van der Waals surface area contributed by atoms with Gasteiger partial charge in [-0.05, 0) is 48.9 Å². The molecule has 34 heavy (non-hydrogen) atoms. The zero-order valence-electron chi connectivity index (χ0n) is 19.5. The Hall–Kier alpha value is -3.40. The Morgan fingerprint density at radius 1 is 1.12 bits per heavy atom. The molecule has 1 atom stereocenters. The number of hydrogen-bond acceptors (Lipinski definition) is 5. The van der Waals surface area contributed by atoms with Gasteiger partial charge in [0.05, 0.1) is 17.8 Å². The summed E-state index contributed by atoms with van der Waals surface area (Å²) in [7, 11) is 1.96.